The predicted molar refractivity (Wildman–Crippen MR) is 57.1 cm³/mol. The Bertz CT molecular complexity index is 453. The highest BCUT2D eigenvalue weighted by Gasteiger charge is 2.44. The molecule has 0 saturated heterocycles. The van der Waals surface area contributed by atoms with Crippen LogP contribution in [0.4, 0.5) is 17.6 Å². The summed E-state index contributed by atoms with van der Waals surface area (Å²) < 4.78 is 53.2. The lowest BCUT2D eigenvalue weighted by molar-refractivity contribution is -0.253. The molecule has 19 heavy (non-hydrogen) atoms. The molecule has 106 valence electrons. The lowest BCUT2D eigenvalue weighted by Crippen LogP contribution is -2.33. The first kappa shape index (κ1) is 15.2. The summed E-state index contributed by atoms with van der Waals surface area (Å²) in [6.07, 6.45) is -8.58. The van der Waals surface area contributed by atoms with Crippen LogP contribution in [0.2, 0.25) is 0 Å². The van der Waals surface area contributed by atoms with E-state index >= 15 is 0 Å². The summed E-state index contributed by atoms with van der Waals surface area (Å²) >= 11 is 0. The molecule has 0 aliphatic carbocycles. The molecule has 0 N–H and O–H groups in total. The average Bonchev–Trinajstić information content (AvgIpc) is 2.36. The number of hydrogen-bond donors (Lipinski definition) is 0. The van der Waals surface area contributed by atoms with Crippen LogP contribution in [-0.4, -0.2) is 37.7 Å². The van der Waals surface area contributed by atoms with Crippen molar-refractivity contribution in [2.45, 2.75) is 12.5 Å². The maximum atomic E-state index is 12.7. The molecule has 1 rings (SSSR count). The van der Waals surface area contributed by atoms with Crippen molar-refractivity contribution in [3.63, 3.8) is 0 Å². The first-order valence-corrected chi connectivity index (χ1v) is 5.05. The molecule has 0 heterocycles. The van der Waals surface area contributed by atoms with Crippen molar-refractivity contribution in [1.82, 2.24) is 5.06 Å². The number of alkyl halides is 4. The van der Waals surface area contributed by atoms with Crippen molar-refractivity contribution < 1.29 is 31.9 Å². The van der Waals surface area contributed by atoms with E-state index in [0.29, 0.717) is 0 Å². The Morgan fingerprint density at radius 3 is 2.53 bits per heavy atom. The van der Waals surface area contributed by atoms with Gasteiger partial charge in [0.15, 0.2) is 0 Å². The van der Waals surface area contributed by atoms with E-state index in [1.54, 1.807) is 0 Å². The molecule has 0 atom stereocenters. The smallest absolute Gasteiger partial charge is 0.428 e. The number of amides is 1. The normalized spacial score (nSPS) is 11.5. The van der Waals surface area contributed by atoms with E-state index in [1.807, 2.05) is 0 Å². The van der Waals surface area contributed by atoms with Crippen molar-refractivity contribution >= 4 is 5.91 Å². The minimum atomic E-state index is -4.62. The van der Waals surface area contributed by atoms with Crippen molar-refractivity contribution in [2.75, 3.05) is 14.2 Å². The van der Waals surface area contributed by atoms with E-state index in [2.05, 4.69) is 9.57 Å². The standard InChI is InChI=1S/C11H11F4NO3/c1-16(18-2)9(17)7-4-3-5-8(6-7)19-11(14,15)10(12)13/h3-6,10H,1-2H3. The van der Waals surface area contributed by atoms with Gasteiger partial charge >= 0.3 is 12.5 Å². The predicted octanol–water partition coefficient (Wildman–Crippen LogP) is 2.56. The fraction of sp³-hybridized carbons (Fsp3) is 0.364. The number of carbonyl (C=O) groups is 1. The maximum Gasteiger partial charge on any atom is 0.461 e. The molecular weight excluding hydrogens is 270 g/mol. The van der Waals surface area contributed by atoms with Gasteiger partial charge in [0.05, 0.1) is 7.11 Å². The zero-order valence-electron chi connectivity index (χ0n) is 10.1. The van der Waals surface area contributed by atoms with E-state index in [-0.39, 0.29) is 5.56 Å². The number of hydrogen-bond acceptors (Lipinski definition) is 3. The molecule has 0 radical (unpaired) electrons. The monoisotopic (exact) mass is 281 g/mol. The van der Waals surface area contributed by atoms with Crippen molar-refractivity contribution in [2.24, 2.45) is 0 Å². The maximum absolute atomic E-state index is 12.7. The fourth-order valence-electron chi connectivity index (χ4n) is 1.16. The van der Waals surface area contributed by atoms with Crippen molar-refractivity contribution in [3.05, 3.63) is 29.8 Å². The second-order valence-corrected chi connectivity index (χ2v) is 3.48. The summed E-state index contributed by atoms with van der Waals surface area (Å²) in [5, 5.41) is 0.852. The zero-order chi connectivity index (χ0) is 14.6. The van der Waals surface area contributed by atoms with Crippen LogP contribution in [0.1, 0.15) is 10.4 Å². The summed E-state index contributed by atoms with van der Waals surface area (Å²) in [7, 11) is 2.55. The van der Waals surface area contributed by atoms with Gasteiger partial charge in [-0.25, -0.2) is 5.06 Å². The third kappa shape index (κ3) is 3.82. The van der Waals surface area contributed by atoms with Gasteiger partial charge in [-0.05, 0) is 18.2 Å². The van der Waals surface area contributed by atoms with Gasteiger partial charge < -0.3 is 4.74 Å². The number of nitrogens with zero attached hydrogens (tertiary/aromatic N) is 1. The molecule has 1 aromatic rings. The largest absolute Gasteiger partial charge is 0.461 e. The molecule has 0 unspecified atom stereocenters. The number of carbonyl (C=O) groups excluding carboxylic acids is 1. The minimum Gasteiger partial charge on any atom is -0.428 e. The molecule has 0 bridgehead atoms. The van der Waals surface area contributed by atoms with Crippen LogP contribution in [0.15, 0.2) is 24.3 Å². The molecule has 0 fully saturated rings. The summed E-state index contributed by atoms with van der Waals surface area (Å²) in [5.74, 6) is -1.17. The van der Waals surface area contributed by atoms with Gasteiger partial charge in [0, 0.05) is 12.6 Å². The summed E-state index contributed by atoms with van der Waals surface area (Å²) in [5.41, 5.74) is -0.0353. The zero-order valence-corrected chi connectivity index (χ0v) is 10.1. The third-order valence-corrected chi connectivity index (χ3v) is 2.15. The van der Waals surface area contributed by atoms with E-state index in [1.165, 1.54) is 26.3 Å². The van der Waals surface area contributed by atoms with Crippen LogP contribution in [0, 0.1) is 0 Å². The third-order valence-electron chi connectivity index (χ3n) is 2.15. The van der Waals surface area contributed by atoms with E-state index < -0.39 is 24.2 Å². The quantitative estimate of drug-likeness (QED) is 0.615. The topological polar surface area (TPSA) is 38.8 Å². The summed E-state index contributed by atoms with van der Waals surface area (Å²) in [6.45, 7) is 0. The Morgan fingerprint density at radius 1 is 1.37 bits per heavy atom. The van der Waals surface area contributed by atoms with Gasteiger partial charge in [0.2, 0.25) is 0 Å². The van der Waals surface area contributed by atoms with Crippen LogP contribution < -0.4 is 4.74 Å². The molecule has 1 amide bonds. The van der Waals surface area contributed by atoms with Crippen LogP contribution in [0.3, 0.4) is 0 Å². The Morgan fingerprint density at radius 2 is 2.00 bits per heavy atom. The van der Waals surface area contributed by atoms with Crippen LogP contribution >= 0.6 is 0 Å². The van der Waals surface area contributed by atoms with Gasteiger partial charge in [-0.2, -0.15) is 17.6 Å². The lowest BCUT2D eigenvalue weighted by atomic mass is 10.2. The van der Waals surface area contributed by atoms with Crippen molar-refractivity contribution in [3.8, 4) is 5.75 Å². The fourth-order valence-corrected chi connectivity index (χ4v) is 1.16. The van der Waals surface area contributed by atoms with Crippen LogP contribution in [-0.2, 0) is 4.84 Å². The summed E-state index contributed by atoms with van der Waals surface area (Å²) in [4.78, 5) is 16.3. The summed E-state index contributed by atoms with van der Waals surface area (Å²) in [6, 6.07) is 4.51. The lowest BCUT2D eigenvalue weighted by Gasteiger charge is -2.18. The SMILES string of the molecule is CON(C)C(=O)c1cccc(OC(F)(F)C(F)F)c1. The first-order valence-electron chi connectivity index (χ1n) is 5.05. The molecule has 8 heteroatoms. The van der Waals surface area contributed by atoms with Gasteiger partial charge in [0.25, 0.3) is 5.91 Å². The number of benzene rings is 1. The molecule has 4 nitrogen and oxygen atoms in total. The Kier molecular flexibility index (Phi) is 4.71. The van der Waals surface area contributed by atoms with Gasteiger partial charge in [0.1, 0.15) is 5.75 Å². The van der Waals surface area contributed by atoms with Crippen molar-refractivity contribution in [1.29, 1.82) is 0 Å². The molecule has 0 aromatic heterocycles. The van der Waals surface area contributed by atoms with E-state index in [0.717, 1.165) is 17.2 Å². The molecule has 1 aromatic carbocycles. The molecule has 0 spiro atoms. The number of rotatable bonds is 5. The van der Waals surface area contributed by atoms with Gasteiger partial charge in [-0.15, -0.1) is 0 Å². The number of ether oxygens (including phenoxy) is 1. The minimum absolute atomic E-state index is 0.0353. The molecule has 0 aliphatic heterocycles. The van der Waals surface area contributed by atoms with E-state index in [9.17, 15) is 22.4 Å². The van der Waals surface area contributed by atoms with Crippen LogP contribution in [0.5, 0.6) is 5.75 Å². The van der Waals surface area contributed by atoms with Crippen LogP contribution in [0.25, 0.3) is 0 Å². The Hall–Kier alpha value is -1.83. The van der Waals surface area contributed by atoms with E-state index in [4.69, 9.17) is 0 Å². The number of hydroxylamine groups is 2. The molecular formula is C11H11F4NO3. The highest BCUT2D eigenvalue weighted by Crippen LogP contribution is 2.27. The van der Waals surface area contributed by atoms with Gasteiger partial charge in [-0.3, -0.25) is 9.63 Å². The second-order valence-electron chi connectivity index (χ2n) is 3.48. The molecule has 0 aliphatic rings. The average molecular weight is 281 g/mol. The first-order chi connectivity index (χ1) is 8.77. The Balaban J connectivity index is 2.92. The molecule has 0 saturated carbocycles. The Labute approximate surface area is 106 Å². The highest BCUT2D eigenvalue weighted by molar-refractivity contribution is 5.93. The second kappa shape index (κ2) is 5.87. The van der Waals surface area contributed by atoms with Gasteiger partial charge in [-0.1, -0.05) is 6.07 Å². The highest BCUT2D eigenvalue weighted by atomic mass is 19.3. The number of halogens is 4.